The summed E-state index contributed by atoms with van der Waals surface area (Å²) in [6, 6.07) is 3.09. The van der Waals surface area contributed by atoms with Gasteiger partial charge in [0, 0.05) is 38.3 Å². The van der Waals surface area contributed by atoms with Crippen LogP contribution in [0.1, 0.15) is 37.0 Å². The second-order valence-electron chi connectivity index (χ2n) is 8.42. The molecule has 9 heteroatoms. The monoisotopic (exact) mass is 428 g/mol. The van der Waals surface area contributed by atoms with Gasteiger partial charge in [-0.05, 0) is 56.2 Å². The lowest BCUT2D eigenvalue weighted by Crippen LogP contribution is -2.46. The minimum absolute atomic E-state index is 0.0132. The Morgan fingerprint density at radius 1 is 1.34 bits per heavy atom. The van der Waals surface area contributed by atoms with Crippen LogP contribution in [0.2, 0.25) is 0 Å². The number of likely N-dealkylation sites (tertiary alicyclic amines) is 1. The Kier molecular flexibility index (Phi) is 8.39. The molecule has 1 N–H and O–H groups in total. The maximum absolute atomic E-state index is 12.8. The zero-order chi connectivity index (χ0) is 21.6. The number of carbonyl (C=O) groups excluding carboxylic acids is 2. The summed E-state index contributed by atoms with van der Waals surface area (Å²) < 4.78 is 25.4. The van der Waals surface area contributed by atoms with E-state index < -0.39 is 5.76 Å². The number of rotatable bonds is 8. The summed E-state index contributed by atoms with van der Waals surface area (Å²) in [6.45, 7) is 6.52. The van der Waals surface area contributed by atoms with E-state index in [0.29, 0.717) is 32.5 Å². The molecule has 162 valence electrons. The highest BCUT2D eigenvalue weighted by Crippen LogP contribution is 2.28. The van der Waals surface area contributed by atoms with Crippen molar-refractivity contribution in [1.82, 2.24) is 20.1 Å². The minimum atomic E-state index is -2.64. The van der Waals surface area contributed by atoms with Crippen LogP contribution in [0.5, 0.6) is 0 Å². The van der Waals surface area contributed by atoms with Crippen molar-refractivity contribution in [2.45, 2.75) is 37.5 Å². The maximum atomic E-state index is 12.8. The van der Waals surface area contributed by atoms with Crippen molar-refractivity contribution in [3.8, 4) is 0 Å². The Bertz CT molecular complexity index is 707. The molecular weight excluding hydrogens is 398 g/mol. The molecule has 2 rings (SSSR count). The smallest absolute Gasteiger partial charge is 0.290 e. The number of nitrogens with zero attached hydrogens (tertiary/aromatic N) is 3. The largest absolute Gasteiger partial charge is 0.355 e. The van der Waals surface area contributed by atoms with Gasteiger partial charge in [0.15, 0.2) is 0 Å². The molecule has 0 bridgehead atoms. The molecule has 1 aliphatic rings. The van der Waals surface area contributed by atoms with Crippen LogP contribution in [-0.4, -0.2) is 72.6 Å². The van der Waals surface area contributed by atoms with E-state index in [-0.39, 0.29) is 45.5 Å². The lowest BCUT2D eigenvalue weighted by Gasteiger charge is -2.33. The first-order valence-electron chi connectivity index (χ1n) is 9.70. The van der Waals surface area contributed by atoms with Crippen LogP contribution in [0, 0.1) is 11.3 Å². The number of carbonyl (C=O) groups is 2. The minimum Gasteiger partial charge on any atom is -0.355 e. The highest BCUT2D eigenvalue weighted by atomic mass is 32.2. The standard InChI is InChI=1S/C20H30F2N4O2S/c1-20(2,13-25(3)4)12-24-16(27)14-7-10-26(11-8-14)18(28)15-6-5-9-23-17(15)29-19(21)22/h5-6,9,14,19H,7-8,10-13H2,1-4H3,(H,24,27). The number of nitrogens with one attached hydrogen (secondary N) is 1. The number of piperidine rings is 1. The number of hydrogen-bond acceptors (Lipinski definition) is 5. The first kappa shape index (κ1) is 23.5. The van der Waals surface area contributed by atoms with Gasteiger partial charge in [-0.2, -0.15) is 8.78 Å². The van der Waals surface area contributed by atoms with Gasteiger partial charge in [-0.3, -0.25) is 9.59 Å². The van der Waals surface area contributed by atoms with E-state index in [1.165, 1.54) is 12.3 Å². The number of alkyl halides is 2. The molecule has 0 spiro atoms. The number of amides is 2. The topological polar surface area (TPSA) is 65.5 Å². The Labute approximate surface area is 175 Å². The molecule has 1 fully saturated rings. The molecule has 0 radical (unpaired) electrons. The Morgan fingerprint density at radius 2 is 2.00 bits per heavy atom. The van der Waals surface area contributed by atoms with E-state index in [1.807, 2.05) is 14.1 Å². The van der Waals surface area contributed by atoms with Gasteiger partial charge in [0.2, 0.25) is 5.91 Å². The summed E-state index contributed by atoms with van der Waals surface area (Å²) in [5.74, 6) is -3.08. The summed E-state index contributed by atoms with van der Waals surface area (Å²) in [4.78, 5) is 32.9. The van der Waals surface area contributed by atoms with Crippen molar-refractivity contribution in [3.63, 3.8) is 0 Å². The third kappa shape index (κ3) is 7.22. The Morgan fingerprint density at radius 3 is 2.59 bits per heavy atom. The van der Waals surface area contributed by atoms with E-state index >= 15 is 0 Å². The van der Waals surface area contributed by atoms with Gasteiger partial charge < -0.3 is 15.1 Å². The van der Waals surface area contributed by atoms with Gasteiger partial charge in [0.1, 0.15) is 5.03 Å². The summed E-state index contributed by atoms with van der Waals surface area (Å²) in [7, 11) is 4.01. The molecular formula is C20H30F2N4O2S. The van der Waals surface area contributed by atoms with E-state index in [4.69, 9.17) is 0 Å². The summed E-state index contributed by atoms with van der Waals surface area (Å²) >= 11 is 0.276. The van der Waals surface area contributed by atoms with E-state index in [1.54, 1.807) is 11.0 Å². The lowest BCUT2D eigenvalue weighted by molar-refractivity contribution is -0.126. The van der Waals surface area contributed by atoms with Crippen molar-refractivity contribution >= 4 is 23.6 Å². The first-order valence-corrected chi connectivity index (χ1v) is 10.6. The maximum Gasteiger partial charge on any atom is 0.290 e. The number of aromatic nitrogens is 1. The fourth-order valence-electron chi connectivity index (χ4n) is 3.63. The van der Waals surface area contributed by atoms with Crippen molar-refractivity contribution < 1.29 is 18.4 Å². The SMILES string of the molecule is CN(C)CC(C)(C)CNC(=O)C1CCN(C(=O)c2cccnc2SC(F)F)CC1. The fraction of sp³-hybridized carbons (Fsp3) is 0.650. The van der Waals surface area contributed by atoms with Crippen LogP contribution >= 0.6 is 11.8 Å². The molecule has 29 heavy (non-hydrogen) atoms. The molecule has 6 nitrogen and oxygen atoms in total. The van der Waals surface area contributed by atoms with Crippen molar-refractivity contribution in [3.05, 3.63) is 23.9 Å². The van der Waals surface area contributed by atoms with Crippen LogP contribution in [0.3, 0.4) is 0 Å². The predicted octanol–water partition coefficient (Wildman–Crippen LogP) is 2.95. The molecule has 0 aliphatic carbocycles. The zero-order valence-electron chi connectivity index (χ0n) is 17.5. The third-order valence-electron chi connectivity index (χ3n) is 4.84. The van der Waals surface area contributed by atoms with Gasteiger partial charge in [-0.15, -0.1) is 0 Å². The number of thioether (sulfide) groups is 1. The Hall–Kier alpha value is -1.74. The number of pyridine rings is 1. The molecule has 0 aromatic carbocycles. The van der Waals surface area contributed by atoms with E-state index in [2.05, 4.69) is 29.0 Å². The van der Waals surface area contributed by atoms with E-state index in [9.17, 15) is 18.4 Å². The molecule has 1 saturated heterocycles. The molecule has 2 amide bonds. The zero-order valence-corrected chi connectivity index (χ0v) is 18.3. The van der Waals surface area contributed by atoms with Gasteiger partial charge in [0.05, 0.1) is 5.56 Å². The van der Waals surface area contributed by atoms with Gasteiger partial charge in [-0.25, -0.2) is 4.98 Å². The normalized spacial score (nSPS) is 15.8. The second kappa shape index (κ2) is 10.3. The van der Waals surface area contributed by atoms with Gasteiger partial charge in [-0.1, -0.05) is 13.8 Å². The van der Waals surface area contributed by atoms with Crippen molar-refractivity contribution in [2.24, 2.45) is 11.3 Å². The summed E-state index contributed by atoms with van der Waals surface area (Å²) in [5.41, 5.74) is 0.153. The summed E-state index contributed by atoms with van der Waals surface area (Å²) in [6.07, 6.45) is 2.52. The average Bonchev–Trinajstić information content (AvgIpc) is 2.65. The van der Waals surface area contributed by atoms with Crippen molar-refractivity contribution in [2.75, 3.05) is 40.3 Å². The molecule has 1 aromatic heterocycles. The molecule has 0 saturated carbocycles. The lowest BCUT2D eigenvalue weighted by atomic mass is 9.91. The molecule has 1 aromatic rings. The van der Waals surface area contributed by atoms with Crippen LogP contribution < -0.4 is 5.32 Å². The predicted molar refractivity (Wildman–Crippen MR) is 110 cm³/mol. The molecule has 1 aliphatic heterocycles. The molecule has 2 heterocycles. The molecule has 0 atom stereocenters. The fourth-order valence-corrected chi connectivity index (χ4v) is 4.20. The van der Waals surface area contributed by atoms with Gasteiger partial charge >= 0.3 is 0 Å². The highest BCUT2D eigenvalue weighted by molar-refractivity contribution is 7.99. The van der Waals surface area contributed by atoms with Crippen LogP contribution in [0.4, 0.5) is 8.78 Å². The molecule has 0 unspecified atom stereocenters. The third-order valence-corrected chi connectivity index (χ3v) is 5.57. The Balaban J connectivity index is 1.89. The quantitative estimate of drug-likeness (QED) is 0.645. The average molecular weight is 429 g/mol. The number of halogens is 2. The highest BCUT2D eigenvalue weighted by Gasteiger charge is 2.30. The van der Waals surface area contributed by atoms with E-state index in [0.717, 1.165) is 6.54 Å². The van der Waals surface area contributed by atoms with Crippen LogP contribution in [0.25, 0.3) is 0 Å². The first-order chi connectivity index (χ1) is 13.6. The van der Waals surface area contributed by atoms with Crippen LogP contribution in [0.15, 0.2) is 23.4 Å². The van der Waals surface area contributed by atoms with Crippen LogP contribution in [-0.2, 0) is 4.79 Å². The summed E-state index contributed by atoms with van der Waals surface area (Å²) in [5, 5.41) is 3.08. The number of hydrogen-bond donors (Lipinski definition) is 1. The second-order valence-corrected chi connectivity index (χ2v) is 9.40. The van der Waals surface area contributed by atoms with Gasteiger partial charge in [0.25, 0.3) is 11.7 Å². The van der Waals surface area contributed by atoms with Crippen molar-refractivity contribution in [1.29, 1.82) is 0 Å².